The second-order valence-electron chi connectivity index (χ2n) is 6.11. The molecular weight excluding hydrogens is 320 g/mol. The Morgan fingerprint density at radius 1 is 1.21 bits per heavy atom. The summed E-state index contributed by atoms with van der Waals surface area (Å²) in [5, 5.41) is 8.83. The van der Waals surface area contributed by atoms with Crippen molar-refractivity contribution in [2.24, 2.45) is 5.92 Å². The summed E-state index contributed by atoms with van der Waals surface area (Å²) in [6.07, 6.45) is -0.150. The Morgan fingerprint density at radius 2 is 1.75 bits per heavy atom. The van der Waals surface area contributed by atoms with E-state index in [4.69, 9.17) is 5.11 Å². The van der Waals surface area contributed by atoms with Gasteiger partial charge in [-0.25, -0.2) is 0 Å². The molecule has 0 radical (unpaired) electrons. The minimum Gasteiger partial charge on any atom is -0.481 e. The van der Waals surface area contributed by atoms with Crippen molar-refractivity contribution in [2.75, 3.05) is 13.1 Å². The molecule has 0 aromatic heterocycles. The molecule has 1 amide bonds. The molecule has 0 heterocycles. The lowest BCUT2D eigenvalue weighted by atomic mass is 10.0. The Balaban J connectivity index is 3.07. The highest BCUT2D eigenvalue weighted by atomic mass is 19.3. The molecule has 0 aliphatic heterocycles. The van der Waals surface area contributed by atoms with Gasteiger partial charge in [-0.2, -0.15) is 8.78 Å². The molecule has 0 aliphatic rings. The molecule has 24 heavy (non-hydrogen) atoms. The summed E-state index contributed by atoms with van der Waals surface area (Å²) in [4.78, 5) is 24.9. The maximum atomic E-state index is 12.7. The van der Waals surface area contributed by atoms with Crippen molar-refractivity contribution in [3.05, 3.63) is 28.8 Å². The predicted octanol–water partition coefficient (Wildman–Crippen LogP) is 3.48. The Hall–Kier alpha value is -2.18. The van der Waals surface area contributed by atoms with Gasteiger partial charge in [0.1, 0.15) is 5.75 Å². The number of hydrogen-bond donors (Lipinski definition) is 1. The molecule has 0 fully saturated rings. The zero-order chi connectivity index (χ0) is 18.4. The van der Waals surface area contributed by atoms with Crippen LogP contribution in [0.5, 0.6) is 5.75 Å². The first kappa shape index (κ1) is 19.9. The van der Waals surface area contributed by atoms with Crippen molar-refractivity contribution in [3.8, 4) is 5.75 Å². The summed E-state index contributed by atoms with van der Waals surface area (Å²) in [5.41, 5.74) is 1.19. The number of carboxylic acid groups (broad SMARTS) is 1. The van der Waals surface area contributed by atoms with Crippen molar-refractivity contribution in [1.82, 2.24) is 4.90 Å². The molecule has 5 nitrogen and oxygen atoms in total. The van der Waals surface area contributed by atoms with Gasteiger partial charge in [0.2, 0.25) is 0 Å². The van der Waals surface area contributed by atoms with E-state index in [2.05, 4.69) is 4.74 Å². The molecule has 1 N–H and O–H groups in total. The molecule has 0 unspecified atom stereocenters. The fourth-order valence-electron chi connectivity index (χ4n) is 2.48. The molecule has 0 bridgehead atoms. The number of alkyl halides is 2. The van der Waals surface area contributed by atoms with Gasteiger partial charge >= 0.3 is 12.6 Å². The molecule has 0 saturated heterocycles. The highest BCUT2D eigenvalue weighted by molar-refractivity contribution is 5.95. The fourth-order valence-corrected chi connectivity index (χ4v) is 2.48. The third-order valence-corrected chi connectivity index (χ3v) is 3.38. The first-order valence-electron chi connectivity index (χ1n) is 7.69. The minimum absolute atomic E-state index is 0.0579. The summed E-state index contributed by atoms with van der Waals surface area (Å²) in [6, 6.07) is 2.97. The van der Waals surface area contributed by atoms with Crippen LogP contribution in [-0.4, -0.2) is 41.6 Å². The number of halogens is 2. The van der Waals surface area contributed by atoms with Gasteiger partial charge in [0, 0.05) is 18.7 Å². The van der Waals surface area contributed by atoms with Gasteiger partial charge in [-0.15, -0.1) is 0 Å². The summed E-state index contributed by atoms with van der Waals surface area (Å²) in [6.45, 7) is 4.61. The normalized spacial score (nSPS) is 11.0. The SMILES string of the molecule is Cc1cc(C(=O)N(CCC(=O)O)CC(C)C)cc(C)c1OC(F)F. The van der Waals surface area contributed by atoms with Crippen LogP contribution in [0.2, 0.25) is 0 Å². The van der Waals surface area contributed by atoms with Gasteiger partial charge in [0.15, 0.2) is 0 Å². The maximum Gasteiger partial charge on any atom is 0.387 e. The Kier molecular flexibility index (Phi) is 7.13. The molecule has 7 heteroatoms. The van der Waals surface area contributed by atoms with Crippen molar-refractivity contribution in [3.63, 3.8) is 0 Å². The van der Waals surface area contributed by atoms with E-state index in [-0.39, 0.29) is 30.5 Å². The summed E-state index contributed by atoms with van der Waals surface area (Å²) >= 11 is 0. The number of hydrogen-bond acceptors (Lipinski definition) is 3. The number of nitrogens with zero attached hydrogens (tertiary/aromatic N) is 1. The number of benzene rings is 1. The summed E-state index contributed by atoms with van der Waals surface area (Å²) in [7, 11) is 0. The second kappa shape index (κ2) is 8.61. The largest absolute Gasteiger partial charge is 0.481 e. The quantitative estimate of drug-likeness (QED) is 0.785. The molecule has 0 spiro atoms. The molecule has 1 aromatic rings. The van der Waals surface area contributed by atoms with Crippen molar-refractivity contribution < 1.29 is 28.2 Å². The Labute approximate surface area is 140 Å². The third kappa shape index (κ3) is 5.79. The van der Waals surface area contributed by atoms with Crippen LogP contribution < -0.4 is 4.74 Å². The average Bonchev–Trinajstić information content (AvgIpc) is 2.45. The van der Waals surface area contributed by atoms with Crippen LogP contribution in [0.1, 0.15) is 41.8 Å². The molecule has 134 valence electrons. The maximum absolute atomic E-state index is 12.7. The van der Waals surface area contributed by atoms with Crippen LogP contribution in [0, 0.1) is 19.8 Å². The van der Waals surface area contributed by atoms with E-state index in [9.17, 15) is 18.4 Å². The number of carbonyl (C=O) groups is 2. The number of aryl methyl sites for hydroxylation is 2. The standard InChI is InChI=1S/C17H23F2NO4/c1-10(2)9-20(6-5-14(21)22)16(23)13-7-11(3)15(12(4)8-13)24-17(18)19/h7-8,10,17H,5-6,9H2,1-4H3,(H,21,22). The van der Waals surface area contributed by atoms with Gasteiger partial charge in [-0.05, 0) is 43.0 Å². The summed E-state index contributed by atoms with van der Waals surface area (Å²) in [5.74, 6) is -1.07. The van der Waals surface area contributed by atoms with Crippen LogP contribution in [0.3, 0.4) is 0 Å². The number of ether oxygens (including phenoxy) is 1. The van der Waals surface area contributed by atoms with E-state index in [1.807, 2.05) is 13.8 Å². The molecule has 0 saturated carbocycles. The molecule has 0 aliphatic carbocycles. The van der Waals surface area contributed by atoms with E-state index < -0.39 is 12.6 Å². The van der Waals surface area contributed by atoms with Crippen LogP contribution in [0.15, 0.2) is 12.1 Å². The van der Waals surface area contributed by atoms with Crippen LogP contribution in [-0.2, 0) is 4.79 Å². The van der Waals surface area contributed by atoms with Crippen molar-refractivity contribution in [2.45, 2.75) is 40.7 Å². The zero-order valence-electron chi connectivity index (χ0n) is 14.3. The van der Waals surface area contributed by atoms with Crippen molar-refractivity contribution >= 4 is 11.9 Å². The number of carboxylic acids is 1. The fraction of sp³-hybridized carbons (Fsp3) is 0.529. The first-order valence-corrected chi connectivity index (χ1v) is 7.69. The summed E-state index contributed by atoms with van der Waals surface area (Å²) < 4.78 is 29.3. The predicted molar refractivity (Wildman–Crippen MR) is 85.5 cm³/mol. The molecule has 0 atom stereocenters. The zero-order valence-corrected chi connectivity index (χ0v) is 14.3. The lowest BCUT2D eigenvalue weighted by Crippen LogP contribution is -2.36. The van der Waals surface area contributed by atoms with Gasteiger partial charge in [-0.3, -0.25) is 9.59 Å². The van der Waals surface area contributed by atoms with E-state index in [1.54, 1.807) is 13.8 Å². The highest BCUT2D eigenvalue weighted by Crippen LogP contribution is 2.27. The minimum atomic E-state index is -2.93. The molecule has 1 aromatic carbocycles. The smallest absolute Gasteiger partial charge is 0.387 e. The van der Waals surface area contributed by atoms with Crippen LogP contribution in [0.25, 0.3) is 0 Å². The van der Waals surface area contributed by atoms with Crippen LogP contribution in [0.4, 0.5) is 8.78 Å². The second-order valence-corrected chi connectivity index (χ2v) is 6.11. The Morgan fingerprint density at radius 3 is 2.17 bits per heavy atom. The van der Waals surface area contributed by atoms with E-state index in [0.717, 1.165) is 0 Å². The lowest BCUT2D eigenvalue weighted by molar-refractivity contribution is -0.137. The first-order chi connectivity index (χ1) is 11.1. The van der Waals surface area contributed by atoms with E-state index in [0.29, 0.717) is 23.2 Å². The monoisotopic (exact) mass is 343 g/mol. The average molecular weight is 343 g/mol. The lowest BCUT2D eigenvalue weighted by Gasteiger charge is -2.25. The van der Waals surface area contributed by atoms with E-state index >= 15 is 0 Å². The number of amides is 1. The third-order valence-electron chi connectivity index (χ3n) is 3.38. The van der Waals surface area contributed by atoms with Gasteiger partial charge in [0.05, 0.1) is 6.42 Å². The highest BCUT2D eigenvalue weighted by Gasteiger charge is 2.20. The van der Waals surface area contributed by atoms with Gasteiger partial charge in [0.25, 0.3) is 5.91 Å². The van der Waals surface area contributed by atoms with Crippen molar-refractivity contribution in [1.29, 1.82) is 0 Å². The Bertz CT molecular complexity index is 579. The van der Waals surface area contributed by atoms with Gasteiger partial charge in [-0.1, -0.05) is 13.8 Å². The van der Waals surface area contributed by atoms with Gasteiger partial charge < -0.3 is 14.7 Å². The van der Waals surface area contributed by atoms with E-state index in [1.165, 1.54) is 17.0 Å². The number of rotatable bonds is 8. The molecular formula is C17H23F2NO4. The topological polar surface area (TPSA) is 66.8 Å². The number of aliphatic carboxylic acids is 1. The number of carbonyl (C=O) groups excluding carboxylic acids is 1. The van der Waals surface area contributed by atoms with Crippen LogP contribution >= 0.6 is 0 Å². The molecule has 1 rings (SSSR count).